The molecule has 1 aromatic carbocycles. The number of fused-ring (bicyclic) bond motifs is 1. The van der Waals surface area contributed by atoms with Gasteiger partial charge in [-0.1, -0.05) is 29.8 Å². The maximum Gasteiger partial charge on any atom is 0.284 e. The molecule has 3 aromatic heterocycles. The van der Waals surface area contributed by atoms with E-state index in [1.807, 2.05) is 35.2 Å². The van der Waals surface area contributed by atoms with Crippen molar-refractivity contribution in [2.75, 3.05) is 17.2 Å². The molecule has 4 aromatic rings. The summed E-state index contributed by atoms with van der Waals surface area (Å²) in [6.07, 6.45) is 4.67. The Balaban J connectivity index is 1.75. The number of rotatable bonds is 4. The van der Waals surface area contributed by atoms with Crippen molar-refractivity contribution in [3.8, 4) is 5.69 Å². The van der Waals surface area contributed by atoms with E-state index in [0.717, 1.165) is 12.8 Å². The van der Waals surface area contributed by atoms with Crippen LogP contribution in [0.25, 0.3) is 11.2 Å². The second kappa shape index (κ2) is 7.76. The highest BCUT2D eigenvalue weighted by molar-refractivity contribution is 6.33. The molecule has 0 bridgehead atoms. The molecule has 162 valence electrons. The number of carbonyl (C=O) groups is 1. The molecule has 1 aliphatic rings. The lowest BCUT2D eigenvalue weighted by Crippen LogP contribution is -2.34. The molecule has 0 aliphatic carbocycles. The van der Waals surface area contributed by atoms with E-state index in [2.05, 4.69) is 9.97 Å². The summed E-state index contributed by atoms with van der Waals surface area (Å²) in [5.41, 5.74) is 6.95. The average Bonchev–Trinajstić information content (AvgIpc) is 3.41. The molecule has 10 heteroatoms. The summed E-state index contributed by atoms with van der Waals surface area (Å²) in [6.45, 7) is 2.10. The summed E-state index contributed by atoms with van der Waals surface area (Å²) in [5, 5.41) is 5.12. The molecule has 0 saturated carbocycles. The maximum absolute atomic E-state index is 13.6. The standard InChI is InChI=1S/C22H20ClN7O2/c1-13(31)15-12-25-22(24)26-19(15)28-10-5-8-17(28)20-27-29-11-9-16(23)18(29)21(32)30(20)14-6-3-2-4-7-14/h2-4,6-7,9,11-12,17H,5,8,10H2,1H3,(H2,24,25,26). The van der Waals surface area contributed by atoms with Crippen LogP contribution in [0.4, 0.5) is 11.8 Å². The minimum absolute atomic E-state index is 0.0803. The molecule has 0 spiro atoms. The number of anilines is 2. The summed E-state index contributed by atoms with van der Waals surface area (Å²) >= 11 is 6.29. The highest BCUT2D eigenvalue weighted by Crippen LogP contribution is 2.36. The van der Waals surface area contributed by atoms with E-state index >= 15 is 0 Å². The van der Waals surface area contributed by atoms with Gasteiger partial charge in [-0.05, 0) is 38.0 Å². The number of nitrogens with two attached hydrogens (primary N) is 1. The smallest absolute Gasteiger partial charge is 0.284 e. The number of Topliss-reactive ketones (excluding diaryl/α,β-unsaturated/α-hetero) is 1. The van der Waals surface area contributed by atoms with Crippen LogP contribution < -0.4 is 16.2 Å². The van der Waals surface area contributed by atoms with E-state index in [0.29, 0.717) is 40.0 Å². The number of para-hydroxylation sites is 1. The molecule has 5 rings (SSSR count). The lowest BCUT2D eigenvalue weighted by molar-refractivity contribution is 0.101. The van der Waals surface area contributed by atoms with Gasteiger partial charge < -0.3 is 10.6 Å². The SMILES string of the molecule is CC(=O)c1cnc(N)nc1N1CCCC1c1nn2ccc(Cl)c2c(=O)n1-c1ccccc1. The molecule has 4 heterocycles. The van der Waals surface area contributed by atoms with Crippen LogP contribution in [0.2, 0.25) is 5.02 Å². The number of halogens is 1. The molecule has 9 nitrogen and oxygen atoms in total. The Morgan fingerprint density at radius 1 is 1.22 bits per heavy atom. The largest absolute Gasteiger partial charge is 0.368 e. The molecule has 1 saturated heterocycles. The number of ketones is 1. The van der Waals surface area contributed by atoms with Crippen molar-refractivity contribution in [1.82, 2.24) is 24.1 Å². The first-order valence-electron chi connectivity index (χ1n) is 10.2. The number of hydrogen-bond donors (Lipinski definition) is 1. The van der Waals surface area contributed by atoms with Crippen LogP contribution in [0, 0.1) is 0 Å². The molecular formula is C22H20ClN7O2. The highest BCUT2D eigenvalue weighted by atomic mass is 35.5. The molecule has 0 radical (unpaired) electrons. The van der Waals surface area contributed by atoms with Gasteiger partial charge in [-0.2, -0.15) is 10.1 Å². The lowest BCUT2D eigenvalue weighted by Gasteiger charge is -2.28. The third-order valence-corrected chi connectivity index (χ3v) is 5.97. The molecular weight excluding hydrogens is 430 g/mol. The van der Waals surface area contributed by atoms with Gasteiger partial charge in [0.25, 0.3) is 5.56 Å². The van der Waals surface area contributed by atoms with Crippen molar-refractivity contribution in [2.45, 2.75) is 25.8 Å². The monoisotopic (exact) mass is 449 g/mol. The van der Waals surface area contributed by atoms with Crippen molar-refractivity contribution in [3.63, 3.8) is 0 Å². The minimum Gasteiger partial charge on any atom is -0.368 e. The fourth-order valence-electron chi connectivity index (χ4n) is 4.23. The molecule has 0 amide bonds. The van der Waals surface area contributed by atoms with E-state index in [4.69, 9.17) is 22.4 Å². The molecule has 32 heavy (non-hydrogen) atoms. The van der Waals surface area contributed by atoms with Gasteiger partial charge in [0, 0.05) is 18.9 Å². The summed E-state index contributed by atoms with van der Waals surface area (Å²) < 4.78 is 3.10. The van der Waals surface area contributed by atoms with Crippen molar-refractivity contribution in [2.24, 2.45) is 0 Å². The van der Waals surface area contributed by atoms with Gasteiger partial charge in [0.15, 0.2) is 11.6 Å². The van der Waals surface area contributed by atoms with Gasteiger partial charge in [0.2, 0.25) is 5.95 Å². The zero-order chi connectivity index (χ0) is 22.4. The predicted octanol–water partition coefficient (Wildman–Crippen LogP) is 3.05. The summed E-state index contributed by atoms with van der Waals surface area (Å²) in [4.78, 5) is 36.2. The van der Waals surface area contributed by atoms with Gasteiger partial charge in [-0.3, -0.25) is 14.2 Å². The number of aromatic nitrogens is 5. The first-order valence-corrected chi connectivity index (χ1v) is 10.6. The van der Waals surface area contributed by atoms with Crippen molar-refractivity contribution in [3.05, 3.63) is 75.6 Å². The topological polar surface area (TPSA) is 111 Å². The Kier molecular flexibility index (Phi) is 4.90. The van der Waals surface area contributed by atoms with Crippen LogP contribution >= 0.6 is 11.6 Å². The third-order valence-electron chi connectivity index (χ3n) is 5.67. The van der Waals surface area contributed by atoms with Gasteiger partial charge in [-0.25, -0.2) is 9.50 Å². The molecule has 1 fully saturated rings. The quantitative estimate of drug-likeness (QED) is 0.476. The highest BCUT2D eigenvalue weighted by Gasteiger charge is 2.34. The van der Waals surface area contributed by atoms with Crippen LogP contribution in [0.1, 0.15) is 42.0 Å². The Labute approximate surface area is 188 Å². The van der Waals surface area contributed by atoms with Gasteiger partial charge >= 0.3 is 0 Å². The van der Waals surface area contributed by atoms with Gasteiger partial charge in [0.1, 0.15) is 11.3 Å². The van der Waals surface area contributed by atoms with Crippen LogP contribution in [-0.4, -0.2) is 36.5 Å². The second-order valence-corrected chi connectivity index (χ2v) is 8.07. The van der Waals surface area contributed by atoms with Crippen molar-refractivity contribution in [1.29, 1.82) is 0 Å². The van der Waals surface area contributed by atoms with E-state index in [1.165, 1.54) is 17.6 Å². The Hall–Kier alpha value is -3.72. The Bertz CT molecular complexity index is 1400. The summed E-state index contributed by atoms with van der Waals surface area (Å²) in [7, 11) is 0. The van der Waals surface area contributed by atoms with E-state index < -0.39 is 0 Å². The average molecular weight is 450 g/mol. The minimum atomic E-state index is -0.305. The number of nitrogens with zero attached hydrogens (tertiary/aromatic N) is 6. The molecule has 1 atom stereocenters. The van der Waals surface area contributed by atoms with Crippen molar-refractivity contribution >= 4 is 34.7 Å². The molecule has 1 aliphatic heterocycles. The van der Waals surface area contributed by atoms with Crippen LogP contribution in [-0.2, 0) is 0 Å². The number of benzene rings is 1. The van der Waals surface area contributed by atoms with Crippen LogP contribution in [0.5, 0.6) is 0 Å². The second-order valence-electron chi connectivity index (χ2n) is 7.66. The van der Waals surface area contributed by atoms with E-state index in [9.17, 15) is 9.59 Å². The predicted molar refractivity (Wildman–Crippen MR) is 122 cm³/mol. The van der Waals surface area contributed by atoms with Gasteiger partial charge in [0.05, 0.1) is 22.3 Å². The van der Waals surface area contributed by atoms with Crippen LogP contribution in [0.15, 0.2) is 53.6 Å². The normalized spacial score (nSPS) is 16.1. The number of carbonyl (C=O) groups excluding carboxylic acids is 1. The first-order chi connectivity index (χ1) is 15.5. The summed E-state index contributed by atoms with van der Waals surface area (Å²) in [5.74, 6) is 0.903. The third kappa shape index (κ3) is 3.21. The number of hydrogen-bond acceptors (Lipinski definition) is 7. The fourth-order valence-corrected chi connectivity index (χ4v) is 4.46. The van der Waals surface area contributed by atoms with Gasteiger partial charge in [-0.15, -0.1) is 0 Å². The summed E-state index contributed by atoms with van der Waals surface area (Å²) in [6, 6.07) is 10.7. The molecule has 1 unspecified atom stereocenters. The number of nitrogen functional groups attached to an aromatic ring is 1. The van der Waals surface area contributed by atoms with E-state index in [-0.39, 0.29) is 23.3 Å². The Morgan fingerprint density at radius 3 is 2.75 bits per heavy atom. The molecule has 2 N–H and O–H groups in total. The Morgan fingerprint density at radius 2 is 2.00 bits per heavy atom. The van der Waals surface area contributed by atoms with Crippen molar-refractivity contribution < 1.29 is 4.79 Å². The van der Waals surface area contributed by atoms with Crippen LogP contribution in [0.3, 0.4) is 0 Å². The zero-order valence-electron chi connectivity index (χ0n) is 17.3. The maximum atomic E-state index is 13.6. The lowest BCUT2D eigenvalue weighted by atomic mass is 10.1. The fraction of sp³-hybridized carbons (Fsp3) is 0.227. The van der Waals surface area contributed by atoms with E-state index in [1.54, 1.807) is 16.8 Å². The first kappa shape index (κ1) is 20.2. The zero-order valence-corrected chi connectivity index (χ0v) is 18.0.